The zero-order chi connectivity index (χ0) is 12.4. The maximum Gasteiger partial charge on any atom is 0.0932 e. The molecule has 0 spiro atoms. The third-order valence-corrected chi connectivity index (χ3v) is 4.95. The van der Waals surface area contributed by atoms with Crippen LogP contribution in [0.3, 0.4) is 0 Å². The molecule has 2 heteroatoms. The van der Waals surface area contributed by atoms with Gasteiger partial charge in [0.2, 0.25) is 0 Å². The van der Waals surface area contributed by atoms with Crippen molar-refractivity contribution in [3.63, 3.8) is 0 Å². The SMILES string of the molecule is CCc1ccc(C(Cl)c2c(C)cccc2C)s1. The van der Waals surface area contributed by atoms with Crippen molar-refractivity contribution >= 4 is 22.9 Å². The van der Waals surface area contributed by atoms with Crippen LogP contribution >= 0.6 is 22.9 Å². The molecular weight excluding hydrogens is 248 g/mol. The van der Waals surface area contributed by atoms with Crippen LogP contribution in [-0.4, -0.2) is 0 Å². The van der Waals surface area contributed by atoms with Gasteiger partial charge in [-0.3, -0.25) is 0 Å². The van der Waals surface area contributed by atoms with E-state index in [0.717, 1.165) is 6.42 Å². The van der Waals surface area contributed by atoms with Crippen molar-refractivity contribution < 1.29 is 0 Å². The highest BCUT2D eigenvalue weighted by Gasteiger charge is 2.17. The maximum absolute atomic E-state index is 6.62. The quantitative estimate of drug-likeness (QED) is 0.664. The fourth-order valence-electron chi connectivity index (χ4n) is 2.09. The Morgan fingerprint density at radius 3 is 2.29 bits per heavy atom. The van der Waals surface area contributed by atoms with E-state index in [1.165, 1.54) is 26.4 Å². The molecule has 90 valence electrons. The van der Waals surface area contributed by atoms with Gasteiger partial charge in [-0.2, -0.15) is 0 Å². The molecule has 0 aliphatic heterocycles. The molecule has 0 radical (unpaired) electrons. The average molecular weight is 265 g/mol. The summed E-state index contributed by atoms with van der Waals surface area (Å²) >= 11 is 8.44. The number of hydrogen-bond acceptors (Lipinski definition) is 1. The van der Waals surface area contributed by atoms with Gasteiger partial charge >= 0.3 is 0 Å². The van der Waals surface area contributed by atoms with E-state index in [9.17, 15) is 0 Å². The number of hydrogen-bond donors (Lipinski definition) is 0. The van der Waals surface area contributed by atoms with Gasteiger partial charge in [-0.25, -0.2) is 0 Å². The van der Waals surface area contributed by atoms with E-state index < -0.39 is 0 Å². The average Bonchev–Trinajstić information content (AvgIpc) is 2.77. The summed E-state index contributed by atoms with van der Waals surface area (Å²) in [4.78, 5) is 2.65. The minimum absolute atomic E-state index is 0.0125. The largest absolute Gasteiger partial charge is 0.143 e. The first-order valence-corrected chi connectivity index (χ1v) is 7.17. The monoisotopic (exact) mass is 264 g/mol. The van der Waals surface area contributed by atoms with Crippen molar-refractivity contribution in [2.45, 2.75) is 32.6 Å². The molecule has 1 atom stereocenters. The Kier molecular flexibility index (Phi) is 3.90. The number of benzene rings is 1. The van der Waals surface area contributed by atoms with Gasteiger partial charge < -0.3 is 0 Å². The minimum Gasteiger partial charge on any atom is -0.143 e. The van der Waals surface area contributed by atoms with Crippen LogP contribution in [0.1, 0.15) is 38.7 Å². The molecule has 1 aromatic carbocycles. The second-order valence-electron chi connectivity index (χ2n) is 4.33. The van der Waals surface area contributed by atoms with Crippen molar-refractivity contribution in [1.82, 2.24) is 0 Å². The van der Waals surface area contributed by atoms with Crippen LogP contribution in [0.15, 0.2) is 30.3 Å². The summed E-state index contributed by atoms with van der Waals surface area (Å²) in [6.07, 6.45) is 1.08. The fraction of sp³-hybridized carbons (Fsp3) is 0.333. The summed E-state index contributed by atoms with van der Waals surface area (Å²) in [5.41, 5.74) is 3.81. The van der Waals surface area contributed by atoms with Crippen LogP contribution < -0.4 is 0 Å². The van der Waals surface area contributed by atoms with E-state index in [2.05, 4.69) is 51.1 Å². The third-order valence-electron chi connectivity index (χ3n) is 3.08. The molecule has 0 nitrogen and oxygen atoms in total. The first-order valence-electron chi connectivity index (χ1n) is 5.92. The van der Waals surface area contributed by atoms with Crippen molar-refractivity contribution in [2.24, 2.45) is 0 Å². The second kappa shape index (κ2) is 5.24. The summed E-state index contributed by atoms with van der Waals surface area (Å²) < 4.78 is 0. The molecule has 17 heavy (non-hydrogen) atoms. The Bertz CT molecular complexity index is 493. The summed E-state index contributed by atoms with van der Waals surface area (Å²) in [7, 11) is 0. The Morgan fingerprint density at radius 2 is 1.76 bits per heavy atom. The van der Waals surface area contributed by atoms with Gasteiger partial charge in [-0.05, 0) is 49.1 Å². The number of halogens is 1. The zero-order valence-corrected chi connectivity index (χ0v) is 12.0. The predicted octanol–water partition coefficient (Wildman–Crippen LogP) is 5.26. The fourth-order valence-corrected chi connectivity index (χ4v) is 3.58. The molecule has 0 amide bonds. The molecular formula is C15H17ClS. The van der Waals surface area contributed by atoms with Crippen LogP contribution in [0.5, 0.6) is 0 Å². The van der Waals surface area contributed by atoms with Crippen LogP contribution in [0.4, 0.5) is 0 Å². The van der Waals surface area contributed by atoms with E-state index in [4.69, 9.17) is 11.6 Å². The van der Waals surface area contributed by atoms with Crippen LogP contribution in [0.25, 0.3) is 0 Å². The molecule has 1 aromatic heterocycles. The minimum atomic E-state index is -0.0125. The highest BCUT2D eigenvalue weighted by atomic mass is 35.5. The van der Waals surface area contributed by atoms with Crippen molar-refractivity contribution in [1.29, 1.82) is 0 Å². The molecule has 0 fully saturated rings. The van der Waals surface area contributed by atoms with E-state index in [0.29, 0.717) is 0 Å². The molecule has 2 aromatic rings. The first kappa shape index (κ1) is 12.7. The standard InChI is InChI=1S/C15H17ClS/c1-4-12-8-9-13(17-12)15(16)14-10(2)6-5-7-11(14)3/h5-9,15H,4H2,1-3H3. The lowest BCUT2D eigenvalue weighted by Crippen LogP contribution is -1.97. The lowest BCUT2D eigenvalue weighted by molar-refractivity contribution is 1.11. The van der Waals surface area contributed by atoms with Crippen LogP contribution in [-0.2, 0) is 6.42 Å². The zero-order valence-electron chi connectivity index (χ0n) is 10.5. The van der Waals surface area contributed by atoms with Gasteiger partial charge in [-0.1, -0.05) is 25.1 Å². The lowest BCUT2D eigenvalue weighted by atomic mass is 9.99. The van der Waals surface area contributed by atoms with Crippen molar-refractivity contribution in [3.05, 3.63) is 56.8 Å². The van der Waals surface area contributed by atoms with Crippen molar-refractivity contribution in [2.75, 3.05) is 0 Å². The summed E-state index contributed by atoms with van der Waals surface area (Å²) in [5, 5.41) is -0.0125. The molecule has 1 heterocycles. The van der Waals surface area contributed by atoms with Crippen molar-refractivity contribution in [3.8, 4) is 0 Å². The van der Waals surface area contributed by atoms with E-state index in [-0.39, 0.29) is 5.38 Å². The molecule has 0 aliphatic rings. The Morgan fingerprint density at radius 1 is 1.12 bits per heavy atom. The smallest absolute Gasteiger partial charge is 0.0932 e. The summed E-state index contributed by atoms with van der Waals surface area (Å²) in [6, 6.07) is 10.7. The highest BCUT2D eigenvalue weighted by molar-refractivity contribution is 7.12. The van der Waals surface area contributed by atoms with Gasteiger partial charge in [-0.15, -0.1) is 22.9 Å². The number of aryl methyl sites for hydroxylation is 3. The number of alkyl halides is 1. The topological polar surface area (TPSA) is 0 Å². The van der Waals surface area contributed by atoms with Gasteiger partial charge in [0.25, 0.3) is 0 Å². The predicted molar refractivity (Wildman–Crippen MR) is 77.3 cm³/mol. The van der Waals surface area contributed by atoms with E-state index in [1.54, 1.807) is 0 Å². The van der Waals surface area contributed by atoms with E-state index >= 15 is 0 Å². The molecule has 0 aliphatic carbocycles. The Hall–Kier alpha value is -0.790. The summed E-state index contributed by atoms with van der Waals surface area (Å²) in [6.45, 7) is 6.44. The molecule has 2 rings (SSSR count). The van der Waals surface area contributed by atoms with Gasteiger partial charge in [0.05, 0.1) is 5.38 Å². The normalized spacial score (nSPS) is 12.7. The summed E-state index contributed by atoms with van der Waals surface area (Å²) in [5.74, 6) is 0. The third kappa shape index (κ3) is 2.56. The Labute approximate surface area is 112 Å². The van der Waals surface area contributed by atoms with Crippen LogP contribution in [0.2, 0.25) is 0 Å². The molecule has 0 saturated carbocycles. The van der Waals surface area contributed by atoms with Gasteiger partial charge in [0.15, 0.2) is 0 Å². The Balaban J connectivity index is 2.39. The first-order chi connectivity index (χ1) is 8.13. The molecule has 0 N–H and O–H groups in total. The number of thiophene rings is 1. The number of rotatable bonds is 3. The van der Waals surface area contributed by atoms with Crippen LogP contribution in [0, 0.1) is 13.8 Å². The molecule has 0 saturated heterocycles. The van der Waals surface area contributed by atoms with Gasteiger partial charge in [0, 0.05) is 9.75 Å². The van der Waals surface area contributed by atoms with Gasteiger partial charge in [0.1, 0.15) is 0 Å². The molecule has 0 bridgehead atoms. The highest BCUT2D eigenvalue weighted by Crippen LogP contribution is 2.36. The maximum atomic E-state index is 6.62. The lowest BCUT2D eigenvalue weighted by Gasteiger charge is -2.14. The second-order valence-corrected chi connectivity index (χ2v) is 5.96. The van der Waals surface area contributed by atoms with E-state index in [1.807, 2.05) is 11.3 Å². The molecule has 1 unspecified atom stereocenters.